The Kier molecular flexibility index (Phi) is 6.74. The number of rotatable bonds is 4. The van der Waals surface area contributed by atoms with Gasteiger partial charge in [0.05, 0.1) is 16.8 Å². The summed E-state index contributed by atoms with van der Waals surface area (Å²) in [5.41, 5.74) is 4.80. The molecule has 0 aromatic heterocycles. The molecule has 2 N–H and O–H groups in total. The highest BCUT2D eigenvalue weighted by Crippen LogP contribution is 2.42. The lowest BCUT2D eigenvalue weighted by atomic mass is 9.91. The minimum absolute atomic E-state index is 0.241. The molecule has 0 aliphatic carbocycles. The van der Waals surface area contributed by atoms with Crippen molar-refractivity contribution in [3.8, 4) is 0 Å². The predicted molar refractivity (Wildman–Crippen MR) is 124 cm³/mol. The lowest BCUT2D eigenvalue weighted by Crippen LogP contribution is -2.53. The Morgan fingerprint density at radius 2 is 1.81 bits per heavy atom. The molecule has 2 aliphatic rings. The molecule has 0 saturated carbocycles. The standard InChI is InChI=1S/C22H23Cl3N4O2/c1-13-20(22(31)27-28-11-3-2-4-19(28)30)26-29(18-10-9-16(24)12-17(18)25)21(13)14-5-7-15(23)8-6-14/h5-10,12-13,19,21,30H,2-4,11H2,1H3,(H,27,31)/t13-,19?,21+/m0/s1. The zero-order valence-electron chi connectivity index (χ0n) is 16.9. The van der Waals surface area contributed by atoms with Gasteiger partial charge < -0.3 is 5.11 Å². The van der Waals surface area contributed by atoms with E-state index in [4.69, 9.17) is 34.8 Å². The van der Waals surface area contributed by atoms with E-state index in [-0.39, 0.29) is 17.9 Å². The number of anilines is 1. The van der Waals surface area contributed by atoms with Crippen molar-refractivity contribution in [1.82, 2.24) is 10.4 Å². The van der Waals surface area contributed by atoms with Crippen LogP contribution in [0, 0.1) is 5.92 Å². The summed E-state index contributed by atoms with van der Waals surface area (Å²) in [7, 11) is 0. The van der Waals surface area contributed by atoms with Crippen LogP contribution in [0.5, 0.6) is 0 Å². The van der Waals surface area contributed by atoms with Gasteiger partial charge in [-0.05, 0) is 55.2 Å². The monoisotopic (exact) mass is 480 g/mol. The van der Waals surface area contributed by atoms with Gasteiger partial charge in [0.1, 0.15) is 11.9 Å². The molecule has 2 aromatic rings. The number of nitrogens with zero attached hydrogens (tertiary/aromatic N) is 3. The van der Waals surface area contributed by atoms with Crippen LogP contribution in [-0.2, 0) is 4.79 Å². The van der Waals surface area contributed by atoms with Crippen molar-refractivity contribution < 1.29 is 9.90 Å². The Morgan fingerprint density at radius 1 is 1.10 bits per heavy atom. The third kappa shape index (κ3) is 4.69. The number of benzene rings is 2. The molecule has 9 heteroatoms. The molecule has 1 unspecified atom stereocenters. The third-order valence-corrected chi connectivity index (χ3v) is 6.49. The van der Waals surface area contributed by atoms with Gasteiger partial charge in [-0.25, -0.2) is 0 Å². The minimum Gasteiger partial charge on any atom is -0.377 e. The fourth-order valence-electron chi connectivity index (χ4n) is 4.08. The van der Waals surface area contributed by atoms with Crippen molar-refractivity contribution in [1.29, 1.82) is 0 Å². The number of carbonyl (C=O) groups excluding carboxylic acids is 1. The van der Waals surface area contributed by atoms with Crippen molar-refractivity contribution in [2.75, 3.05) is 11.6 Å². The second-order valence-electron chi connectivity index (χ2n) is 7.82. The topological polar surface area (TPSA) is 68.2 Å². The summed E-state index contributed by atoms with van der Waals surface area (Å²) in [6, 6.07) is 12.4. The first-order valence-corrected chi connectivity index (χ1v) is 11.3. The van der Waals surface area contributed by atoms with E-state index in [9.17, 15) is 9.90 Å². The highest BCUT2D eigenvalue weighted by molar-refractivity contribution is 6.41. The molecular weight excluding hydrogens is 459 g/mol. The van der Waals surface area contributed by atoms with Crippen molar-refractivity contribution in [3.05, 3.63) is 63.1 Å². The maximum atomic E-state index is 13.1. The van der Waals surface area contributed by atoms with Gasteiger partial charge in [-0.2, -0.15) is 10.1 Å². The van der Waals surface area contributed by atoms with Gasteiger partial charge in [-0.1, -0.05) is 53.9 Å². The summed E-state index contributed by atoms with van der Waals surface area (Å²) in [4.78, 5) is 13.1. The Labute approximate surface area is 196 Å². The SMILES string of the molecule is C[C@H]1C(C(=O)NN2CCCCC2O)=NN(c2ccc(Cl)cc2Cl)[C@H]1c1ccc(Cl)cc1. The van der Waals surface area contributed by atoms with E-state index in [0.717, 1.165) is 18.4 Å². The normalized spacial score (nSPS) is 24.2. The van der Waals surface area contributed by atoms with Crippen molar-refractivity contribution in [2.45, 2.75) is 38.5 Å². The Balaban J connectivity index is 1.68. The molecule has 2 aliphatic heterocycles. The molecular formula is C22H23Cl3N4O2. The van der Waals surface area contributed by atoms with Crippen LogP contribution in [0.3, 0.4) is 0 Å². The number of amides is 1. The number of hydrazone groups is 1. The molecule has 4 rings (SSSR count). The first-order chi connectivity index (χ1) is 14.8. The van der Waals surface area contributed by atoms with Crippen LogP contribution in [0.2, 0.25) is 15.1 Å². The number of aliphatic hydroxyl groups is 1. The molecule has 31 heavy (non-hydrogen) atoms. The lowest BCUT2D eigenvalue weighted by molar-refractivity contribution is -0.128. The molecule has 6 nitrogen and oxygen atoms in total. The number of carbonyl (C=O) groups is 1. The number of aliphatic hydroxyl groups excluding tert-OH is 1. The van der Waals surface area contributed by atoms with Gasteiger partial charge in [0.25, 0.3) is 5.91 Å². The zero-order chi connectivity index (χ0) is 22.1. The largest absolute Gasteiger partial charge is 0.377 e. The summed E-state index contributed by atoms with van der Waals surface area (Å²) in [6.45, 7) is 2.55. The van der Waals surface area contributed by atoms with Crippen LogP contribution >= 0.6 is 34.8 Å². The van der Waals surface area contributed by atoms with Gasteiger partial charge in [0.15, 0.2) is 0 Å². The number of hydrazine groups is 1. The van der Waals surface area contributed by atoms with Crippen LogP contribution in [0.1, 0.15) is 37.8 Å². The highest BCUT2D eigenvalue weighted by atomic mass is 35.5. The van der Waals surface area contributed by atoms with Gasteiger partial charge in [-0.3, -0.25) is 15.2 Å². The first kappa shape index (κ1) is 22.4. The summed E-state index contributed by atoms with van der Waals surface area (Å²) >= 11 is 18.6. The average Bonchev–Trinajstić information content (AvgIpc) is 3.07. The van der Waals surface area contributed by atoms with Crippen LogP contribution in [0.4, 0.5) is 5.69 Å². The van der Waals surface area contributed by atoms with Crippen molar-refractivity contribution >= 4 is 52.1 Å². The Hall–Kier alpha value is -1.83. The maximum absolute atomic E-state index is 13.1. The molecule has 2 heterocycles. The molecule has 1 amide bonds. The van der Waals surface area contributed by atoms with Crippen LogP contribution in [0.15, 0.2) is 47.6 Å². The Morgan fingerprint density at radius 3 is 2.48 bits per heavy atom. The van der Waals surface area contributed by atoms with E-state index in [1.54, 1.807) is 28.2 Å². The number of hydrogen-bond acceptors (Lipinski definition) is 5. The van der Waals surface area contributed by atoms with E-state index < -0.39 is 6.23 Å². The minimum atomic E-state index is -0.691. The number of hydrogen-bond donors (Lipinski definition) is 2. The quantitative estimate of drug-likeness (QED) is 0.642. The van der Waals surface area contributed by atoms with Crippen molar-refractivity contribution in [3.63, 3.8) is 0 Å². The molecule has 0 radical (unpaired) electrons. The van der Waals surface area contributed by atoms with E-state index in [0.29, 0.717) is 39.4 Å². The maximum Gasteiger partial charge on any atom is 0.282 e. The lowest BCUT2D eigenvalue weighted by Gasteiger charge is -2.32. The molecule has 1 fully saturated rings. The second kappa shape index (κ2) is 9.35. The van der Waals surface area contributed by atoms with Gasteiger partial charge in [0, 0.05) is 22.5 Å². The fraction of sp³-hybridized carbons (Fsp3) is 0.364. The average molecular weight is 482 g/mol. The van der Waals surface area contributed by atoms with Gasteiger partial charge >= 0.3 is 0 Å². The first-order valence-electron chi connectivity index (χ1n) is 10.2. The molecule has 3 atom stereocenters. The van der Waals surface area contributed by atoms with Gasteiger partial charge in [-0.15, -0.1) is 0 Å². The van der Waals surface area contributed by atoms with E-state index in [1.807, 2.05) is 31.2 Å². The van der Waals surface area contributed by atoms with Crippen molar-refractivity contribution in [2.24, 2.45) is 11.0 Å². The summed E-state index contributed by atoms with van der Waals surface area (Å²) < 4.78 is 0. The number of piperidine rings is 1. The van der Waals surface area contributed by atoms with Crippen LogP contribution in [-0.4, -0.2) is 34.5 Å². The summed E-state index contributed by atoms with van der Waals surface area (Å²) in [6.07, 6.45) is 1.79. The number of halogens is 3. The Bertz CT molecular complexity index is 999. The summed E-state index contributed by atoms with van der Waals surface area (Å²) in [5, 5.41) is 19.8. The van der Waals surface area contributed by atoms with E-state index in [1.165, 1.54) is 0 Å². The zero-order valence-corrected chi connectivity index (χ0v) is 19.2. The van der Waals surface area contributed by atoms with Gasteiger partial charge in [0.2, 0.25) is 0 Å². The summed E-state index contributed by atoms with van der Waals surface area (Å²) in [5.74, 6) is -0.574. The van der Waals surface area contributed by atoms with Crippen LogP contribution < -0.4 is 10.4 Å². The molecule has 1 saturated heterocycles. The van der Waals surface area contributed by atoms with E-state index >= 15 is 0 Å². The molecule has 164 valence electrons. The molecule has 2 aromatic carbocycles. The van der Waals surface area contributed by atoms with Crippen LogP contribution in [0.25, 0.3) is 0 Å². The molecule has 0 bridgehead atoms. The third-order valence-electron chi connectivity index (χ3n) is 5.70. The van der Waals surface area contributed by atoms with E-state index in [2.05, 4.69) is 10.5 Å². The number of nitrogens with one attached hydrogen (secondary N) is 1. The smallest absolute Gasteiger partial charge is 0.282 e. The fourth-order valence-corrected chi connectivity index (χ4v) is 4.70. The predicted octanol–water partition coefficient (Wildman–Crippen LogP) is 5.04. The highest BCUT2D eigenvalue weighted by Gasteiger charge is 2.40. The second-order valence-corrected chi connectivity index (χ2v) is 9.10. The molecule has 0 spiro atoms.